The summed E-state index contributed by atoms with van der Waals surface area (Å²) in [6, 6.07) is 8.04. The van der Waals surface area contributed by atoms with E-state index in [-0.39, 0.29) is 11.4 Å². The molecular formula is C11H13NO. The van der Waals surface area contributed by atoms with Gasteiger partial charge in [0, 0.05) is 12.5 Å². The summed E-state index contributed by atoms with van der Waals surface area (Å²) in [7, 11) is 0. The van der Waals surface area contributed by atoms with E-state index in [2.05, 4.69) is 19.9 Å². The largest absolute Gasteiger partial charge is 0.303 e. The van der Waals surface area contributed by atoms with Gasteiger partial charge in [-0.1, -0.05) is 18.2 Å². The van der Waals surface area contributed by atoms with Crippen molar-refractivity contribution in [1.82, 2.24) is 0 Å². The Balaban J connectivity index is 2.53. The number of anilines is 1. The molecule has 2 heteroatoms. The van der Waals surface area contributed by atoms with E-state index in [1.54, 1.807) is 6.92 Å². The summed E-state index contributed by atoms with van der Waals surface area (Å²) in [6.45, 7) is 5.74. The van der Waals surface area contributed by atoms with E-state index in [1.807, 2.05) is 23.1 Å². The van der Waals surface area contributed by atoms with Gasteiger partial charge in [0.15, 0.2) is 0 Å². The monoisotopic (exact) mass is 175 g/mol. The van der Waals surface area contributed by atoms with Crippen LogP contribution in [0.1, 0.15) is 26.3 Å². The van der Waals surface area contributed by atoms with Crippen molar-refractivity contribution in [2.75, 3.05) is 4.90 Å². The lowest BCUT2D eigenvalue weighted by molar-refractivity contribution is -0.118. The third kappa shape index (κ3) is 0.916. The number of carbonyl (C=O) groups is 1. The number of hydrogen-bond acceptors (Lipinski definition) is 1. The van der Waals surface area contributed by atoms with E-state index in [0.717, 1.165) is 5.69 Å². The molecule has 0 N–H and O–H groups in total. The number of hydrogen-bond donors (Lipinski definition) is 0. The van der Waals surface area contributed by atoms with Gasteiger partial charge in [0.2, 0.25) is 5.91 Å². The molecule has 0 saturated heterocycles. The lowest BCUT2D eigenvalue weighted by Crippen LogP contribution is -2.53. The summed E-state index contributed by atoms with van der Waals surface area (Å²) in [6.07, 6.45) is 0. The summed E-state index contributed by atoms with van der Waals surface area (Å²) in [5.74, 6) is 0.115. The highest BCUT2D eigenvalue weighted by Gasteiger charge is 2.43. The van der Waals surface area contributed by atoms with Gasteiger partial charge < -0.3 is 4.90 Å². The van der Waals surface area contributed by atoms with Gasteiger partial charge in [-0.15, -0.1) is 0 Å². The Morgan fingerprint density at radius 1 is 1.31 bits per heavy atom. The van der Waals surface area contributed by atoms with Crippen molar-refractivity contribution in [3.8, 4) is 0 Å². The molecule has 1 heterocycles. The van der Waals surface area contributed by atoms with Crippen molar-refractivity contribution in [3.05, 3.63) is 29.8 Å². The van der Waals surface area contributed by atoms with Crippen LogP contribution in [0.25, 0.3) is 0 Å². The number of rotatable bonds is 0. The van der Waals surface area contributed by atoms with Crippen molar-refractivity contribution in [3.63, 3.8) is 0 Å². The zero-order chi connectivity index (χ0) is 9.64. The maximum Gasteiger partial charge on any atom is 0.224 e. The molecule has 0 atom stereocenters. The topological polar surface area (TPSA) is 20.3 Å². The van der Waals surface area contributed by atoms with Crippen LogP contribution in [0.3, 0.4) is 0 Å². The molecule has 0 fully saturated rings. The average Bonchev–Trinajstić information content (AvgIpc) is 2.03. The van der Waals surface area contributed by atoms with Crippen LogP contribution in [-0.4, -0.2) is 5.91 Å². The van der Waals surface area contributed by atoms with Crippen LogP contribution in [0.15, 0.2) is 24.3 Å². The molecule has 0 aromatic heterocycles. The SMILES string of the molecule is CC(=O)N1c2ccccc2C1(C)C. The molecule has 1 amide bonds. The number of nitrogens with zero attached hydrogens (tertiary/aromatic N) is 1. The highest BCUT2D eigenvalue weighted by Crippen LogP contribution is 2.47. The molecule has 0 saturated carbocycles. The minimum atomic E-state index is -0.123. The third-order valence-electron chi connectivity index (χ3n) is 2.68. The molecule has 0 spiro atoms. The fourth-order valence-electron chi connectivity index (χ4n) is 2.12. The van der Waals surface area contributed by atoms with Crippen LogP contribution in [-0.2, 0) is 10.3 Å². The first-order valence-corrected chi connectivity index (χ1v) is 4.45. The Morgan fingerprint density at radius 3 is 2.54 bits per heavy atom. The second-order valence-electron chi connectivity index (χ2n) is 3.93. The standard InChI is InChI=1S/C11H13NO/c1-8(13)12-10-7-5-4-6-9(10)11(12,2)3/h4-7H,1-3H3. The second-order valence-corrected chi connectivity index (χ2v) is 3.93. The van der Waals surface area contributed by atoms with Crippen molar-refractivity contribution in [2.24, 2.45) is 0 Å². The summed E-state index contributed by atoms with van der Waals surface area (Å²) in [5, 5.41) is 0. The van der Waals surface area contributed by atoms with Crippen molar-refractivity contribution < 1.29 is 4.79 Å². The zero-order valence-corrected chi connectivity index (χ0v) is 8.16. The van der Waals surface area contributed by atoms with Gasteiger partial charge in [-0.2, -0.15) is 0 Å². The fraction of sp³-hybridized carbons (Fsp3) is 0.364. The van der Waals surface area contributed by atoms with Gasteiger partial charge >= 0.3 is 0 Å². The van der Waals surface area contributed by atoms with E-state index < -0.39 is 0 Å². The number of para-hydroxylation sites is 1. The van der Waals surface area contributed by atoms with Crippen molar-refractivity contribution >= 4 is 11.6 Å². The maximum absolute atomic E-state index is 11.3. The second kappa shape index (κ2) is 2.34. The van der Waals surface area contributed by atoms with E-state index in [9.17, 15) is 4.79 Å². The molecule has 1 aliphatic heterocycles. The zero-order valence-electron chi connectivity index (χ0n) is 8.16. The Kier molecular flexibility index (Phi) is 1.50. The Bertz CT molecular complexity index is 368. The molecule has 1 aromatic rings. The summed E-state index contributed by atoms with van der Waals surface area (Å²) >= 11 is 0. The smallest absolute Gasteiger partial charge is 0.224 e. The molecule has 0 aliphatic carbocycles. The normalized spacial score (nSPS) is 17.6. The van der Waals surface area contributed by atoms with Gasteiger partial charge in [-0.3, -0.25) is 4.79 Å². The summed E-state index contributed by atoms with van der Waals surface area (Å²) in [4.78, 5) is 13.2. The van der Waals surface area contributed by atoms with Gasteiger partial charge in [0.05, 0.1) is 11.2 Å². The molecule has 68 valence electrons. The number of fused-ring (bicyclic) bond motifs is 1. The molecule has 0 bridgehead atoms. The highest BCUT2D eigenvalue weighted by molar-refractivity contribution is 5.98. The van der Waals surface area contributed by atoms with Crippen LogP contribution >= 0.6 is 0 Å². The van der Waals surface area contributed by atoms with E-state index in [4.69, 9.17) is 0 Å². The highest BCUT2D eigenvalue weighted by atomic mass is 16.2. The molecule has 1 aromatic carbocycles. The molecule has 1 aliphatic rings. The number of benzene rings is 1. The van der Waals surface area contributed by atoms with Crippen LogP contribution in [0.4, 0.5) is 5.69 Å². The molecule has 2 rings (SSSR count). The first kappa shape index (κ1) is 8.30. The quantitative estimate of drug-likeness (QED) is 0.592. The Labute approximate surface area is 78.2 Å². The predicted molar refractivity (Wildman–Crippen MR) is 52.6 cm³/mol. The lowest BCUT2D eigenvalue weighted by atomic mass is 9.81. The third-order valence-corrected chi connectivity index (χ3v) is 2.68. The molecule has 0 radical (unpaired) electrons. The summed E-state index contributed by atoms with van der Waals surface area (Å²) in [5.41, 5.74) is 2.19. The first-order valence-electron chi connectivity index (χ1n) is 4.45. The van der Waals surface area contributed by atoms with E-state index in [1.165, 1.54) is 5.56 Å². The van der Waals surface area contributed by atoms with Gasteiger partial charge in [0.25, 0.3) is 0 Å². The molecule has 13 heavy (non-hydrogen) atoms. The number of amides is 1. The minimum absolute atomic E-state index is 0.115. The Hall–Kier alpha value is -1.31. The van der Waals surface area contributed by atoms with Crippen LogP contribution in [0.2, 0.25) is 0 Å². The molecule has 0 unspecified atom stereocenters. The Morgan fingerprint density at radius 2 is 1.92 bits per heavy atom. The molecule has 2 nitrogen and oxygen atoms in total. The van der Waals surface area contributed by atoms with Crippen LogP contribution in [0, 0.1) is 0 Å². The van der Waals surface area contributed by atoms with Crippen LogP contribution in [0.5, 0.6) is 0 Å². The van der Waals surface area contributed by atoms with E-state index in [0.29, 0.717) is 0 Å². The van der Waals surface area contributed by atoms with E-state index >= 15 is 0 Å². The van der Waals surface area contributed by atoms with Crippen LogP contribution < -0.4 is 4.90 Å². The minimum Gasteiger partial charge on any atom is -0.303 e. The van der Waals surface area contributed by atoms with Crippen molar-refractivity contribution in [2.45, 2.75) is 26.3 Å². The average molecular weight is 175 g/mol. The first-order chi connectivity index (χ1) is 6.05. The van der Waals surface area contributed by atoms with Gasteiger partial charge in [0.1, 0.15) is 0 Å². The predicted octanol–water partition coefficient (Wildman–Crippen LogP) is 2.29. The summed E-state index contributed by atoms with van der Waals surface area (Å²) < 4.78 is 0. The van der Waals surface area contributed by atoms with Gasteiger partial charge in [-0.05, 0) is 19.9 Å². The lowest BCUT2D eigenvalue weighted by Gasteiger charge is -2.49. The fourth-order valence-corrected chi connectivity index (χ4v) is 2.12. The molecular weight excluding hydrogens is 162 g/mol. The van der Waals surface area contributed by atoms with Gasteiger partial charge in [-0.25, -0.2) is 0 Å². The van der Waals surface area contributed by atoms with Crippen molar-refractivity contribution in [1.29, 1.82) is 0 Å². The number of carbonyl (C=O) groups excluding carboxylic acids is 1. The maximum atomic E-state index is 11.3.